The molecule has 168 valence electrons. The van der Waals surface area contributed by atoms with Crippen LogP contribution < -0.4 is 4.74 Å². The Morgan fingerprint density at radius 2 is 1.91 bits per heavy atom. The highest BCUT2D eigenvalue weighted by molar-refractivity contribution is 8.18. The Kier molecular flexibility index (Phi) is 6.02. The van der Waals surface area contributed by atoms with E-state index in [4.69, 9.17) is 14.6 Å². The second kappa shape index (κ2) is 9.25. The molecule has 2 aliphatic heterocycles. The molecule has 1 amide bonds. The number of carbonyl (C=O) groups excluding carboxylic acids is 1. The number of amidine groups is 1. The number of hydrogen-bond acceptors (Lipinski definition) is 6. The number of para-hydroxylation sites is 1. The van der Waals surface area contributed by atoms with Crippen LogP contribution in [0.1, 0.15) is 11.1 Å². The molecule has 0 N–H and O–H groups in total. The van der Waals surface area contributed by atoms with E-state index in [-0.39, 0.29) is 5.91 Å². The molecule has 2 aliphatic rings. The topological polar surface area (TPSA) is 68.9 Å². The molecule has 1 saturated heterocycles. The molecular weight excluding hydrogens is 436 g/mol. The molecule has 0 radical (unpaired) electrons. The molecule has 3 aromatic rings. The maximum Gasteiger partial charge on any atom is 0.286 e. The average molecular weight is 461 g/mol. The number of carbonyl (C=O) groups is 1. The predicted molar refractivity (Wildman–Crippen MR) is 131 cm³/mol. The maximum atomic E-state index is 12.7. The molecule has 7 nitrogen and oxygen atoms in total. The first-order chi connectivity index (χ1) is 16.1. The Bertz CT molecular complexity index is 1240. The van der Waals surface area contributed by atoms with E-state index in [0.717, 1.165) is 52.1 Å². The summed E-state index contributed by atoms with van der Waals surface area (Å²) in [4.78, 5) is 19.7. The summed E-state index contributed by atoms with van der Waals surface area (Å²) in [6.45, 7) is 4.80. The lowest BCUT2D eigenvalue weighted by atomic mass is 10.0. The third-order valence-electron chi connectivity index (χ3n) is 5.61. The van der Waals surface area contributed by atoms with Gasteiger partial charge in [0.25, 0.3) is 5.91 Å². The molecule has 0 saturated carbocycles. The quantitative estimate of drug-likeness (QED) is 0.545. The van der Waals surface area contributed by atoms with Gasteiger partial charge in [-0.3, -0.25) is 4.79 Å². The van der Waals surface area contributed by atoms with E-state index in [2.05, 4.69) is 16.0 Å². The zero-order valence-corrected chi connectivity index (χ0v) is 19.3. The smallest absolute Gasteiger partial charge is 0.286 e. The first-order valence-corrected chi connectivity index (χ1v) is 11.6. The van der Waals surface area contributed by atoms with Crippen LogP contribution in [0.3, 0.4) is 0 Å². The largest absolute Gasteiger partial charge is 0.496 e. The first-order valence-electron chi connectivity index (χ1n) is 10.8. The summed E-state index contributed by atoms with van der Waals surface area (Å²) in [5.41, 5.74) is 4.58. The van der Waals surface area contributed by atoms with Crippen molar-refractivity contribution in [3.8, 4) is 22.7 Å². The van der Waals surface area contributed by atoms with Gasteiger partial charge in [0.1, 0.15) is 11.4 Å². The Labute approximate surface area is 196 Å². The van der Waals surface area contributed by atoms with Gasteiger partial charge in [0, 0.05) is 30.4 Å². The monoisotopic (exact) mass is 460 g/mol. The molecule has 2 aromatic carbocycles. The summed E-state index contributed by atoms with van der Waals surface area (Å²) in [6, 6.07) is 15.9. The number of morpholine rings is 1. The molecule has 1 fully saturated rings. The highest BCUT2D eigenvalue weighted by Gasteiger charge is 2.28. The van der Waals surface area contributed by atoms with Crippen LogP contribution in [0.15, 0.2) is 64.6 Å². The summed E-state index contributed by atoms with van der Waals surface area (Å²) in [5.74, 6) is 0.608. The standard InChI is InChI=1S/C25H24N4O3S/c1-17-14-18(8-9-21(17)31-2)23-19(16-29(27-23)20-6-4-3-5-7-20)15-22-24(30)26-25(33-22)28-10-12-32-13-11-28/h3-9,14-16H,10-13H2,1-2H3. The van der Waals surface area contributed by atoms with Crippen molar-refractivity contribution in [1.29, 1.82) is 0 Å². The number of aromatic nitrogens is 2. The summed E-state index contributed by atoms with van der Waals surface area (Å²) in [5, 5.41) is 5.61. The fourth-order valence-electron chi connectivity index (χ4n) is 3.89. The van der Waals surface area contributed by atoms with Gasteiger partial charge in [-0.1, -0.05) is 18.2 Å². The number of rotatable bonds is 4. The number of aliphatic imine (C=N–C) groups is 1. The van der Waals surface area contributed by atoms with Crippen LogP contribution in [0.25, 0.3) is 23.0 Å². The molecule has 0 bridgehead atoms. The number of benzene rings is 2. The van der Waals surface area contributed by atoms with Crippen LogP contribution in [0.4, 0.5) is 0 Å². The fourth-order valence-corrected chi connectivity index (χ4v) is 4.84. The van der Waals surface area contributed by atoms with E-state index in [0.29, 0.717) is 18.1 Å². The lowest BCUT2D eigenvalue weighted by molar-refractivity contribution is -0.113. The fraction of sp³-hybridized carbons (Fsp3) is 0.240. The number of thioether (sulfide) groups is 1. The zero-order chi connectivity index (χ0) is 22.8. The molecule has 0 spiro atoms. The molecule has 3 heterocycles. The summed E-state index contributed by atoms with van der Waals surface area (Å²) in [7, 11) is 1.66. The Balaban J connectivity index is 1.53. The zero-order valence-electron chi connectivity index (χ0n) is 18.5. The van der Waals surface area contributed by atoms with Crippen LogP contribution >= 0.6 is 11.8 Å². The van der Waals surface area contributed by atoms with Crippen molar-refractivity contribution in [2.24, 2.45) is 4.99 Å². The van der Waals surface area contributed by atoms with Crippen molar-refractivity contribution in [2.75, 3.05) is 33.4 Å². The van der Waals surface area contributed by atoms with Gasteiger partial charge in [0.2, 0.25) is 0 Å². The van der Waals surface area contributed by atoms with Gasteiger partial charge in [0.15, 0.2) is 5.17 Å². The molecule has 33 heavy (non-hydrogen) atoms. The minimum Gasteiger partial charge on any atom is -0.496 e. The Morgan fingerprint density at radius 3 is 2.64 bits per heavy atom. The summed E-state index contributed by atoms with van der Waals surface area (Å²) < 4.78 is 12.7. The van der Waals surface area contributed by atoms with Crippen molar-refractivity contribution in [3.63, 3.8) is 0 Å². The summed E-state index contributed by atoms with van der Waals surface area (Å²) in [6.07, 6.45) is 3.85. The SMILES string of the molecule is COc1ccc(-c2nn(-c3ccccc3)cc2C=C2SC(N3CCOCC3)=NC2=O)cc1C. The van der Waals surface area contributed by atoms with Crippen LogP contribution in [0.5, 0.6) is 5.75 Å². The van der Waals surface area contributed by atoms with Crippen molar-refractivity contribution in [3.05, 3.63) is 70.8 Å². The van der Waals surface area contributed by atoms with E-state index >= 15 is 0 Å². The first kappa shape index (κ1) is 21.5. The van der Waals surface area contributed by atoms with E-state index < -0.39 is 0 Å². The van der Waals surface area contributed by atoms with Crippen LogP contribution in [0, 0.1) is 6.92 Å². The van der Waals surface area contributed by atoms with Gasteiger partial charge in [-0.05, 0) is 60.7 Å². The second-order valence-electron chi connectivity index (χ2n) is 7.81. The lowest BCUT2D eigenvalue weighted by Gasteiger charge is -2.27. The second-order valence-corrected chi connectivity index (χ2v) is 8.82. The number of methoxy groups -OCH3 is 1. The van der Waals surface area contributed by atoms with Gasteiger partial charge in [0.05, 0.1) is 30.9 Å². The van der Waals surface area contributed by atoms with E-state index in [9.17, 15) is 4.79 Å². The molecule has 0 unspecified atom stereocenters. The molecule has 1 aromatic heterocycles. The Morgan fingerprint density at radius 1 is 1.12 bits per heavy atom. The highest BCUT2D eigenvalue weighted by Crippen LogP contribution is 2.34. The van der Waals surface area contributed by atoms with Crippen molar-refractivity contribution >= 4 is 28.9 Å². The van der Waals surface area contributed by atoms with Crippen LogP contribution in [-0.4, -0.2) is 59.2 Å². The lowest BCUT2D eigenvalue weighted by Crippen LogP contribution is -2.38. The van der Waals surface area contributed by atoms with Crippen molar-refractivity contribution < 1.29 is 14.3 Å². The van der Waals surface area contributed by atoms with E-state index in [1.165, 1.54) is 11.8 Å². The van der Waals surface area contributed by atoms with Crippen LogP contribution in [0.2, 0.25) is 0 Å². The third kappa shape index (κ3) is 4.44. The number of hydrogen-bond donors (Lipinski definition) is 0. The predicted octanol–water partition coefficient (Wildman–Crippen LogP) is 4.16. The molecular formula is C25H24N4O3S. The number of nitrogens with zero attached hydrogens (tertiary/aromatic N) is 4. The molecule has 5 rings (SSSR count). The van der Waals surface area contributed by atoms with Gasteiger partial charge in [-0.25, -0.2) is 4.68 Å². The van der Waals surface area contributed by atoms with Gasteiger partial charge >= 0.3 is 0 Å². The van der Waals surface area contributed by atoms with E-state index in [1.54, 1.807) is 7.11 Å². The number of ether oxygens (including phenoxy) is 2. The highest BCUT2D eigenvalue weighted by atomic mass is 32.2. The molecule has 0 aliphatic carbocycles. The molecule has 0 atom stereocenters. The molecule has 8 heteroatoms. The van der Waals surface area contributed by atoms with E-state index in [1.807, 2.05) is 66.3 Å². The summed E-state index contributed by atoms with van der Waals surface area (Å²) >= 11 is 1.41. The number of amides is 1. The van der Waals surface area contributed by atoms with Gasteiger partial charge in [-0.15, -0.1) is 0 Å². The minimum atomic E-state index is -0.217. The van der Waals surface area contributed by atoms with Crippen LogP contribution in [-0.2, 0) is 9.53 Å². The van der Waals surface area contributed by atoms with Gasteiger partial charge < -0.3 is 14.4 Å². The van der Waals surface area contributed by atoms with Gasteiger partial charge in [-0.2, -0.15) is 10.1 Å². The minimum absolute atomic E-state index is 0.217. The number of aryl methyl sites for hydroxylation is 1. The Hall–Kier alpha value is -3.36. The normalized spacial score (nSPS) is 17.5. The third-order valence-corrected chi connectivity index (χ3v) is 6.65. The average Bonchev–Trinajstić information content (AvgIpc) is 3.44. The van der Waals surface area contributed by atoms with Crippen molar-refractivity contribution in [1.82, 2.24) is 14.7 Å². The maximum absolute atomic E-state index is 12.7. The van der Waals surface area contributed by atoms with Crippen molar-refractivity contribution in [2.45, 2.75) is 6.92 Å².